The number of benzene rings is 1. The molecule has 0 spiro atoms. The largest absolute Gasteiger partial charge is 0.323 e. The maximum Gasteiger partial charge on any atom is 0.242 e. The van der Waals surface area contributed by atoms with Gasteiger partial charge in [0.15, 0.2) is 0 Å². The zero-order valence-corrected chi connectivity index (χ0v) is 10.3. The summed E-state index contributed by atoms with van der Waals surface area (Å²) in [6.45, 7) is 0. The molecular formula is C14H14N4O. The summed E-state index contributed by atoms with van der Waals surface area (Å²) in [5.41, 5.74) is 7.16. The fourth-order valence-corrected chi connectivity index (χ4v) is 1.65. The van der Waals surface area contributed by atoms with Gasteiger partial charge in [-0.1, -0.05) is 12.1 Å². The van der Waals surface area contributed by atoms with Crippen molar-refractivity contribution in [1.82, 2.24) is 9.55 Å². The van der Waals surface area contributed by atoms with Crippen LogP contribution in [0, 0.1) is 12.3 Å². The molecule has 96 valence electrons. The average molecular weight is 254 g/mol. The van der Waals surface area contributed by atoms with E-state index in [0.717, 1.165) is 5.69 Å². The fourth-order valence-electron chi connectivity index (χ4n) is 1.65. The van der Waals surface area contributed by atoms with Crippen molar-refractivity contribution in [3.8, 4) is 18.0 Å². The number of nitrogens with one attached hydrogen (secondary N) is 1. The van der Waals surface area contributed by atoms with Crippen LogP contribution in [0.5, 0.6) is 0 Å². The number of anilines is 1. The number of nitrogens with zero attached hydrogens (tertiary/aromatic N) is 2. The lowest BCUT2D eigenvalue weighted by molar-refractivity contribution is -0.117. The highest BCUT2D eigenvalue weighted by Gasteiger charge is 2.14. The summed E-state index contributed by atoms with van der Waals surface area (Å²) in [7, 11) is 0. The van der Waals surface area contributed by atoms with Gasteiger partial charge in [0.1, 0.15) is 0 Å². The van der Waals surface area contributed by atoms with Crippen molar-refractivity contribution in [2.45, 2.75) is 12.5 Å². The van der Waals surface area contributed by atoms with Crippen LogP contribution < -0.4 is 11.1 Å². The molecule has 1 atom stereocenters. The molecule has 5 nitrogen and oxygen atoms in total. The summed E-state index contributed by atoms with van der Waals surface area (Å²) in [6.07, 6.45) is 10.5. The predicted octanol–water partition coefficient (Wildman–Crippen LogP) is 1.16. The molecule has 19 heavy (non-hydrogen) atoms. The summed E-state index contributed by atoms with van der Waals surface area (Å²) < 4.78 is 1.81. The van der Waals surface area contributed by atoms with E-state index in [-0.39, 0.29) is 12.3 Å². The molecule has 0 aliphatic carbocycles. The van der Waals surface area contributed by atoms with Crippen LogP contribution in [0.25, 0.3) is 5.69 Å². The Morgan fingerprint density at radius 3 is 3.00 bits per heavy atom. The van der Waals surface area contributed by atoms with Crippen LogP contribution in [0.1, 0.15) is 6.42 Å². The Labute approximate surface area is 111 Å². The van der Waals surface area contributed by atoms with Gasteiger partial charge in [0.05, 0.1) is 23.7 Å². The standard InChI is InChI=1S/C14H14N4O/c1-2-5-11(15)14(19)17-12-6-3-4-7-13(12)18-9-8-16-10-18/h1,3-4,6-11H,5,15H2,(H,17,19). The van der Waals surface area contributed by atoms with Crippen molar-refractivity contribution in [3.63, 3.8) is 0 Å². The third kappa shape index (κ3) is 3.00. The number of carbonyl (C=O) groups excluding carboxylic acids is 1. The van der Waals surface area contributed by atoms with Crippen LogP contribution in [0.2, 0.25) is 0 Å². The van der Waals surface area contributed by atoms with Gasteiger partial charge < -0.3 is 15.6 Å². The third-order valence-electron chi connectivity index (χ3n) is 2.62. The molecule has 0 aliphatic heterocycles. The van der Waals surface area contributed by atoms with E-state index in [2.05, 4.69) is 16.2 Å². The van der Waals surface area contributed by atoms with Gasteiger partial charge in [0.25, 0.3) is 0 Å². The highest BCUT2D eigenvalue weighted by atomic mass is 16.2. The van der Waals surface area contributed by atoms with Crippen molar-refractivity contribution < 1.29 is 4.79 Å². The minimum atomic E-state index is -0.708. The molecule has 1 aromatic carbocycles. The van der Waals surface area contributed by atoms with E-state index >= 15 is 0 Å². The molecule has 2 rings (SSSR count). The number of rotatable bonds is 4. The van der Waals surface area contributed by atoms with Gasteiger partial charge >= 0.3 is 0 Å². The number of hydrogen-bond acceptors (Lipinski definition) is 3. The van der Waals surface area contributed by atoms with Gasteiger partial charge in [0.2, 0.25) is 5.91 Å². The van der Waals surface area contributed by atoms with E-state index in [9.17, 15) is 4.79 Å². The molecule has 1 aromatic heterocycles. The molecule has 1 amide bonds. The minimum Gasteiger partial charge on any atom is -0.323 e. The summed E-state index contributed by atoms with van der Waals surface area (Å²) in [6, 6.07) is 6.69. The van der Waals surface area contributed by atoms with Crippen LogP contribution in [-0.2, 0) is 4.79 Å². The van der Waals surface area contributed by atoms with Crippen molar-refractivity contribution in [3.05, 3.63) is 43.0 Å². The Kier molecular flexibility index (Phi) is 3.96. The first-order valence-electron chi connectivity index (χ1n) is 5.79. The molecule has 5 heteroatoms. The maximum absolute atomic E-state index is 11.9. The molecule has 0 aliphatic rings. The van der Waals surface area contributed by atoms with Gasteiger partial charge in [-0.2, -0.15) is 0 Å². The lowest BCUT2D eigenvalue weighted by Crippen LogP contribution is -2.35. The summed E-state index contributed by atoms with van der Waals surface area (Å²) in [5.74, 6) is 2.07. The SMILES string of the molecule is C#CCC(N)C(=O)Nc1ccccc1-n1ccnc1. The molecule has 3 N–H and O–H groups in total. The average Bonchev–Trinajstić information content (AvgIpc) is 2.93. The van der Waals surface area contributed by atoms with Gasteiger partial charge in [-0.3, -0.25) is 4.79 Å². The summed E-state index contributed by atoms with van der Waals surface area (Å²) in [5, 5.41) is 2.78. The number of nitrogens with two attached hydrogens (primary N) is 1. The smallest absolute Gasteiger partial charge is 0.242 e. The lowest BCUT2D eigenvalue weighted by atomic mass is 10.2. The van der Waals surface area contributed by atoms with E-state index in [0.29, 0.717) is 5.69 Å². The monoisotopic (exact) mass is 254 g/mol. The number of carbonyl (C=O) groups is 1. The zero-order valence-electron chi connectivity index (χ0n) is 10.3. The van der Waals surface area contributed by atoms with Gasteiger partial charge in [-0.15, -0.1) is 12.3 Å². The van der Waals surface area contributed by atoms with E-state index < -0.39 is 6.04 Å². The Morgan fingerprint density at radius 2 is 2.32 bits per heavy atom. The van der Waals surface area contributed by atoms with Gasteiger partial charge in [-0.25, -0.2) is 4.98 Å². The number of hydrogen-bond donors (Lipinski definition) is 2. The van der Waals surface area contributed by atoms with Crippen LogP contribution in [0.3, 0.4) is 0 Å². The second kappa shape index (κ2) is 5.85. The Hall–Kier alpha value is -2.58. The molecule has 0 fully saturated rings. The molecule has 1 unspecified atom stereocenters. The molecule has 1 heterocycles. The first-order valence-corrected chi connectivity index (χ1v) is 5.79. The van der Waals surface area contributed by atoms with Crippen molar-refractivity contribution in [1.29, 1.82) is 0 Å². The van der Waals surface area contributed by atoms with Crippen molar-refractivity contribution in [2.24, 2.45) is 5.73 Å². The summed E-state index contributed by atoms with van der Waals surface area (Å²) >= 11 is 0. The number of aromatic nitrogens is 2. The highest BCUT2D eigenvalue weighted by Crippen LogP contribution is 2.19. The molecule has 0 bridgehead atoms. The second-order valence-corrected chi connectivity index (χ2v) is 3.99. The predicted molar refractivity (Wildman–Crippen MR) is 73.6 cm³/mol. The highest BCUT2D eigenvalue weighted by molar-refractivity contribution is 5.96. The van der Waals surface area contributed by atoms with Gasteiger partial charge in [0, 0.05) is 18.8 Å². The minimum absolute atomic E-state index is 0.207. The topological polar surface area (TPSA) is 72.9 Å². The number of terminal acetylenes is 1. The quantitative estimate of drug-likeness (QED) is 0.804. The van der Waals surface area contributed by atoms with Crippen LogP contribution in [0.4, 0.5) is 5.69 Å². The number of imidazole rings is 1. The second-order valence-electron chi connectivity index (χ2n) is 3.99. The molecule has 0 radical (unpaired) electrons. The number of para-hydroxylation sites is 2. The van der Waals surface area contributed by atoms with E-state index in [1.165, 1.54) is 0 Å². The van der Waals surface area contributed by atoms with Crippen LogP contribution in [-0.4, -0.2) is 21.5 Å². The fraction of sp³-hybridized carbons (Fsp3) is 0.143. The van der Waals surface area contributed by atoms with Crippen LogP contribution >= 0.6 is 0 Å². The maximum atomic E-state index is 11.9. The first kappa shape index (κ1) is 12.9. The van der Waals surface area contributed by atoms with E-state index in [1.54, 1.807) is 24.8 Å². The Morgan fingerprint density at radius 1 is 1.53 bits per heavy atom. The third-order valence-corrected chi connectivity index (χ3v) is 2.62. The summed E-state index contributed by atoms with van der Waals surface area (Å²) in [4.78, 5) is 15.9. The van der Waals surface area contributed by atoms with Gasteiger partial charge in [-0.05, 0) is 12.1 Å². The molecular weight excluding hydrogens is 240 g/mol. The Balaban J connectivity index is 2.22. The Bertz CT molecular complexity index is 598. The van der Waals surface area contributed by atoms with Crippen LogP contribution in [0.15, 0.2) is 43.0 Å². The number of amides is 1. The van der Waals surface area contributed by atoms with E-state index in [4.69, 9.17) is 12.2 Å². The molecule has 0 saturated heterocycles. The normalized spacial score (nSPS) is 11.6. The molecule has 0 saturated carbocycles. The van der Waals surface area contributed by atoms with Crippen molar-refractivity contribution >= 4 is 11.6 Å². The lowest BCUT2D eigenvalue weighted by Gasteiger charge is -2.13. The zero-order chi connectivity index (χ0) is 13.7. The van der Waals surface area contributed by atoms with Crippen molar-refractivity contribution in [2.75, 3.05) is 5.32 Å². The van der Waals surface area contributed by atoms with E-state index in [1.807, 2.05) is 22.8 Å². The molecule has 2 aromatic rings. The first-order chi connectivity index (χ1) is 9.22.